The molecule has 15 heavy (non-hydrogen) atoms. The van der Waals surface area contributed by atoms with Crippen LogP contribution in [-0.2, 0) is 4.79 Å². The molecule has 1 N–H and O–H groups in total. The lowest BCUT2D eigenvalue weighted by Gasteiger charge is -1.99. The number of carbonyl (C=O) groups is 1. The van der Waals surface area contributed by atoms with E-state index in [1.54, 1.807) is 24.5 Å². The molecule has 0 saturated heterocycles. The highest BCUT2D eigenvalue weighted by Gasteiger charge is 1.95. The molecule has 5 heteroatoms. The van der Waals surface area contributed by atoms with Crippen LogP contribution in [-0.4, -0.2) is 27.7 Å². The highest BCUT2D eigenvalue weighted by atomic mass is 16.5. The number of aliphatic carboxylic acids is 1. The van der Waals surface area contributed by atoms with Gasteiger partial charge in [0.05, 0.1) is 13.0 Å². The molecular formula is C10H12N2O3. The fraction of sp³-hybridized carbons (Fsp3) is 0.300. The Morgan fingerprint density at radius 1 is 1.53 bits per heavy atom. The Balaban J connectivity index is 2.56. The maximum atomic E-state index is 10.2. The van der Waals surface area contributed by atoms with Crippen molar-refractivity contribution in [1.82, 2.24) is 9.97 Å². The van der Waals surface area contributed by atoms with Crippen molar-refractivity contribution in [3.63, 3.8) is 0 Å². The molecule has 0 unspecified atom stereocenters. The largest absolute Gasteiger partial charge is 0.481 e. The Hall–Kier alpha value is -1.91. The number of carboxylic acid groups (broad SMARTS) is 1. The summed E-state index contributed by atoms with van der Waals surface area (Å²) in [6.45, 7) is 2.37. The van der Waals surface area contributed by atoms with Crippen LogP contribution in [0.4, 0.5) is 0 Å². The number of rotatable bonds is 5. The fourth-order valence-corrected chi connectivity index (χ4v) is 0.912. The summed E-state index contributed by atoms with van der Waals surface area (Å²) in [5, 5.41) is 8.40. The molecule has 0 saturated carbocycles. The summed E-state index contributed by atoms with van der Waals surface area (Å²) in [4.78, 5) is 18.1. The Morgan fingerprint density at radius 3 is 2.73 bits per heavy atom. The van der Waals surface area contributed by atoms with E-state index in [9.17, 15) is 4.79 Å². The van der Waals surface area contributed by atoms with Gasteiger partial charge in [-0.2, -0.15) is 0 Å². The topological polar surface area (TPSA) is 72.3 Å². The van der Waals surface area contributed by atoms with Gasteiger partial charge in [0, 0.05) is 18.0 Å². The van der Waals surface area contributed by atoms with Gasteiger partial charge in [0.1, 0.15) is 0 Å². The van der Waals surface area contributed by atoms with Crippen molar-refractivity contribution in [2.75, 3.05) is 6.61 Å². The molecule has 80 valence electrons. The van der Waals surface area contributed by atoms with Crippen LogP contribution in [0.5, 0.6) is 6.01 Å². The average Bonchev–Trinajstić information content (AvgIpc) is 2.20. The van der Waals surface area contributed by atoms with E-state index in [4.69, 9.17) is 9.84 Å². The molecule has 0 atom stereocenters. The molecule has 1 aromatic heterocycles. The van der Waals surface area contributed by atoms with Crippen LogP contribution in [0.3, 0.4) is 0 Å². The molecule has 0 amide bonds. The first kappa shape index (κ1) is 11.2. The van der Waals surface area contributed by atoms with Crippen LogP contribution in [0.1, 0.15) is 18.9 Å². The number of nitrogens with zero attached hydrogens (tertiary/aromatic N) is 2. The molecule has 0 aliphatic carbocycles. The lowest BCUT2D eigenvalue weighted by molar-refractivity contribution is -0.135. The van der Waals surface area contributed by atoms with Gasteiger partial charge >= 0.3 is 12.0 Å². The van der Waals surface area contributed by atoms with E-state index in [0.717, 1.165) is 5.56 Å². The van der Waals surface area contributed by atoms with Gasteiger partial charge in [0.15, 0.2) is 0 Å². The van der Waals surface area contributed by atoms with Crippen molar-refractivity contribution in [2.45, 2.75) is 13.3 Å². The zero-order valence-electron chi connectivity index (χ0n) is 8.38. The quantitative estimate of drug-likeness (QED) is 0.791. The summed E-state index contributed by atoms with van der Waals surface area (Å²) in [7, 11) is 0. The van der Waals surface area contributed by atoms with E-state index in [0.29, 0.717) is 12.6 Å². The van der Waals surface area contributed by atoms with Gasteiger partial charge in [-0.05, 0) is 6.92 Å². The second-order valence-electron chi connectivity index (χ2n) is 2.73. The number of aromatic nitrogens is 2. The summed E-state index contributed by atoms with van der Waals surface area (Å²) in [6.07, 6.45) is 6.35. The SMILES string of the molecule is CCOc1ncc(C=CCC(=O)O)cn1. The van der Waals surface area contributed by atoms with E-state index in [1.165, 1.54) is 0 Å². The molecule has 5 nitrogen and oxygen atoms in total. The lowest BCUT2D eigenvalue weighted by Crippen LogP contribution is -1.96. The first-order valence-corrected chi connectivity index (χ1v) is 4.55. The Kier molecular flexibility index (Phi) is 4.28. The monoisotopic (exact) mass is 208 g/mol. The predicted molar refractivity (Wildman–Crippen MR) is 54.5 cm³/mol. The zero-order valence-corrected chi connectivity index (χ0v) is 8.38. The van der Waals surface area contributed by atoms with Gasteiger partial charge in [0.2, 0.25) is 0 Å². The maximum Gasteiger partial charge on any atom is 0.316 e. The predicted octanol–water partition coefficient (Wildman–Crippen LogP) is 1.36. The van der Waals surface area contributed by atoms with Crippen molar-refractivity contribution >= 4 is 12.0 Å². The molecule has 0 bridgehead atoms. The number of hydrogen-bond acceptors (Lipinski definition) is 4. The van der Waals surface area contributed by atoms with Crippen molar-refractivity contribution in [1.29, 1.82) is 0 Å². The molecule has 0 radical (unpaired) electrons. The fourth-order valence-electron chi connectivity index (χ4n) is 0.912. The number of hydrogen-bond donors (Lipinski definition) is 1. The number of carboxylic acids is 1. The van der Waals surface area contributed by atoms with Crippen LogP contribution in [0.25, 0.3) is 6.08 Å². The van der Waals surface area contributed by atoms with E-state index < -0.39 is 5.97 Å². The van der Waals surface area contributed by atoms with Crippen LogP contribution in [0, 0.1) is 0 Å². The summed E-state index contributed by atoms with van der Waals surface area (Å²) in [5.41, 5.74) is 0.750. The van der Waals surface area contributed by atoms with E-state index in [-0.39, 0.29) is 6.42 Å². The average molecular weight is 208 g/mol. The third-order valence-electron chi connectivity index (χ3n) is 1.52. The highest BCUT2D eigenvalue weighted by Crippen LogP contribution is 2.04. The Bertz CT molecular complexity index is 346. The van der Waals surface area contributed by atoms with Crippen molar-refractivity contribution in [3.05, 3.63) is 24.0 Å². The second kappa shape index (κ2) is 5.74. The molecule has 0 aliphatic rings. The van der Waals surface area contributed by atoms with Gasteiger partial charge < -0.3 is 9.84 Å². The van der Waals surface area contributed by atoms with Crippen LogP contribution in [0.15, 0.2) is 18.5 Å². The van der Waals surface area contributed by atoms with E-state index in [2.05, 4.69) is 9.97 Å². The smallest absolute Gasteiger partial charge is 0.316 e. The second-order valence-corrected chi connectivity index (χ2v) is 2.73. The first-order chi connectivity index (χ1) is 7.22. The molecule has 0 fully saturated rings. The standard InChI is InChI=1S/C10H12N2O3/c1-2-15-10-11-6-8(7-12-10)4-3-5-9(13)14/h3-4,6-7H,2,5H2,1H3,(H,13,14). The van der Waals surface area contributed by atoms with Crippen molar-refractivity contribution in [2.24, 2.45) is 0 Å². The van der Waals surface area contributed by atoms with Gasteiger partial charge in [-0.1, -0.05) is 12.2 Å². The Labute approximate surface area is 87.4 Å². The van der Waals surface area contributed by atoms with Crippen molar-refractivity contribution in [3.8, 4) is 6.01 Å². The maximum absolute atomic E-state index is 10.2. The molecule has 1 rings (SSSR count). The van der Waals surface area contributed by atoms with E-state index in [1.807, 2.05) is 6.92 Å². The van der Waals surface area contributed by atoms with Crippen LogP contribution < -0.4 is 4.74 Å². The highest BCUT2D eigenvalue weighted by molar-refractivity contribution is 5.70. The molecule has 0 aromatic carbocycles. The first-order valence-electron chi connectivity index (χ1n) is 4.55. The minimum Gasteiger partial charge on any atom is -0.481 e. The van der Waals surface area contributed by atoms with Crippen LogP contribution in [0.2, 0.25) is 0 Å². The molecule has 1 heterocycles. The summed E-state index contributed by atoms with van der Waals surface area (Å²) < 4.78 is 5.06. The third kappa shape index (κ3) is 4.21. The normalized spacial score (nSPS) is 10.5. The Morgan fingerprint density at radius 2 is 2.20 bits per heavy atom. The number of ether oxygens (including phenoxy) is 1. The molecule has 1 aromatic rings. The summed E-state index contributed by atoms with van der Waals surface area (Å²) in [5.74, 6) is -0.863. The van der Waals surface area contributed by atoms with E-state index >= 15 is 0 Å². The summed E-state index contributed by atoms with van der Waals surface area (Å²) in [6, 6.07) is 0.327. The molecule has 0 aliphatic heterocycles. The van der Waals surface area contributed by atoms with Gasteiger partial charge in [-0.25, -0.2) is 9.97 Å². The van der Waals surface area contributed by atoms with Crippen molar-refractivity contribution < 1.29 is 14.6 Å². The third-order valence-corrected chi connectivity index (χ3v) is 1.52. The minimum atomic E-state index is -0.863. The van der Waals surface area contributed by atoms with Gasteiger partial charge in [-0.15, -0.1) is 0 Å². The van der Waals surface area contributed by atoms with Gasteiger partial charge in [0.25, 0.3) is 0 Å². The molecular weight excluding hydrogens is 196 g/mol. The molecule has 0 spiro atoms. The van der Waals surface area contributed by atoms with Crippen LogP contribution >= 0.6 is 0 Å². The summed E-state index contributed by atoms with van der Waals surface area (Å²) >= 11 is 0. The minimum absolute atomic E-state index is 0.00673. The lowest BCUT2D eigenvalue weighted by atomic mass is 10.3. The zero-order chi connectivity index (χ0) is 11.1. The van der Waals surface area contributed by atoms with Gasteiger partial charge in [-0.3, -0.25) is 4.79 Å².